The molecule has 0 amide bonds. The van der Waals surface area contributed by atoms with Gasteiger partial charge in [-0.25, -0.2) is 4.39 Å². The topological polar surface area (TPSA) is 45.2 Å². The van der Waals surface area contributed by atoms with Crippen LogP contribution in [-0.4, -0.2) is 21.7 Å². The van der Waals surface area contributed by atoms with Crippen molar-refractivity contribution in [2.24, 2.45) is 5.92 Å². The predicted molar refractivity (Wildman–Crippen MR) is 57.2 cm³/mol. The van der Waals surface area contributed by atoms with Crippen LogP contribution >= 0.6 is 0 Å². The van der Waals surface area contributed by atoms with Crippen molar-refractivity contribution in [1.82, 2.24) is 10.3 Å². The van der Waals surface area contributed by atoms with E-state index in [1.807, 2.05) is 0 Å². The summed E-state index contributed by atoms with van der Waals surface area (Å²) in [6, 6.07) is 1.41. The molecule has 16 heavy (non-hydrogen) atoms. The van der Waals surface area contributed by atoms with Crippen molar-refractivity contribution in [3.05, 3.63) is 29.8 Å². The molecule has 4 rings (SSSR count). The van der Waals surface area contributed by atoms with Gasteiger partial charge in [0.05, 0.1) is 12.3 Å². The van der Waals surface area contributed by atoms with Crippen LogP contribution in [0.15, 0.2) is 18.5 Å². The Kier molecular flexibility index (Phi) is 2.06. The lowest BCUT2D eigenvalue weighted by Crippen LogP contribution is -2.40. The zero-order valence-electron chi connectivity index (χ0n) is 9.15. The summed E-state index contributed by atoms with van der Waals surface area (Å²) in [5.74, 6) is 0.122. The largest absolute Gasteiger partial charge is 0.387 e. The van der Waals surface area contributed by atoms with Gasteiger partial charge >= 0.3 is 0 Å². The van der Waals surface area contributed by atoms with Crippen molar-refractivity contribution in [3.8, 4) is 0 Å². The quantitative estimate of drug-likeness (QED) is 0.795. The maximum absolute atomic E-state index is 13.0. The maximum Gasteiger partial charge on any atom is 0.141 e. The van der Waals surface area contributed by atoms with Crippen LogP contribution in [0.5, 0.6) is 0 Å². The second-order valence-corrected chi connectivity index (χ2v) is 5.28. The van der Waals surface area contributed by atoms with Gasteiger partial charge in [0.15, 0.2) is 0 Å². The third-order valence-corrected chi connectivity index (χ3v) is 3.86. The molecule has 3 nitrogen and oxygen atoms in total. The van der Waals surface area contributed by atoms with E-state index in [1.165, 1.54) is 12.3 Å². The Morgan fingerprint density at radius 3 is 2.88 bits per heavy atom. The van der Waals surface area contributed by atoms with E-state index in [2.05, 4.69) is 17.2 Å². The second-order valence-electron chi connectivity index (χ2n) is 5.28. The molecule has 0 aromatic carbocycles. The lowest BCUT2D eigenvalue weighted by Gasteiger charge is -2.33. The van der Waals surface area contributed by atoms with Gasteiger partial charge in [0.1, 0.15) is 5.82 Å². The number of aromatic nitrogens is 1. The third-order valence-electron chi connectivity index (χ3n) is 3.86. The molecule has 1 aliphatic carbocycles. The molecule has 0 radical (unpaired) electrons. The average molecular weight is 222 g/mol. The van der Waals surface area contributed by atoms with Gasteiger partial charge in [-0.1, -0.05) is 0 Å². The number of fused-ring (bicyclic) bond motifs is 1. The molecule has 2 aliphatic heterocycles. The minimum Gasteiger partial charge on any atom is -0.387 e. The number of pyridine rings is 1. The van der Waals surface area contributed by atoms with Crippen LogP contribution < -0.4 is 5.32 Å². The van der Waals surface area contributed by atoms with Crippen LogP contribution in [0.4, 0.5) is 4.39 Å². The first-order chi connectivity index (χ1) is 7.57. The molecular weight excluding hydrogens is 207 g/mol. The van der Waals surface area contributed by atoms with E-state index >= 15 is 0 Å². The molecule has 3 fully saturated rings. The summed E-state index contributed by atoms with van der Waals surface area (Å²) in [6.07, 6.45) is 4.25. The van der Waals surface area contributed by atoms with Crippen LogP contribution in [-0.2, 0) is 0 Å². The average Bonchev–Trinajstić information content (AvgIpc) is 2.70. The van der Waals surface area contributed by atoms with E-state index in [0.717, 1.165) is 19.0 Å². The van der Waals surface area contributed by atoms with Gasteiger partial charge < -0.3 is 10.4 Å². The fraction of sp³-hybridized carbons (Fsp3) is 0.583. The lowest BCUT2D eigenvalue weighted by molar-refractivity contribution is 0.120. The van der Waals surface area contributed by atoms with Gasteiger partial charge in [-0.2, -0.15) is 0 Å². The Balaban J connectivity index is 1.81. The van der Waals surface area contributed by atoms with Crippen molar-refractivity contribution in [2.75, 3.05) is 0 Å². The Hall–Kier alpha value is -1.00. The van der Waals surface area contributed by atoms with Gasteiger partial charge in [-0.15, -0.1) is 0 Å². The number of aliphatic hydroxyl groups is 1. The number of nitrogens with one attached hydrogen (secondary N) is 1. The summed E-state index contributed by atoms with van der Waals surface area (Å²) in [5, 5.41) is 13.6. The highest BCUT2D eigenvalue weighted by Crippen LogP contribution is 2.49. The molecule has 1 aromatic rings. The Bertz CT molecular complexity index is 417. The number of aliphatic hydroxyl groups excluding tert-OH is 1. The number of nitrogens with zero attached hydrogens (tertiary/aromatic N) is 1. The SMILES string of the molecule is CC12CC(C1)[C@H]([C@@H](O)c1cncc(F)c1)N2. The number of rotatable bonds is 2. The molecule has 0 unspecified atom stereocenters. The molecule has 0 spiro atoms. The van der Waals surface area contributed by atoms with Crippen molar-refractivity contribution in [1.29, 1.82) is 0 Å². The van der Waals surface area contributed by atoms with E-state index in [9.17, 15) is 9.50 Å². The Morgan fingerprint density at radius 1 is 1.56 bits per heavy atom. The monoisotopic (exact) mass is 222 g/mol. The van der Waals surface area contributed by atoms with E-state index in [0.29, 0.717) is 11.5 Å². The van der Waals surface area contributed by atoms with E-state index in [-0.39, 0.29) is 11.6 Å². The molecule has 3 heterocycles. The molecule has 3 aliphatic rings. The minimum absolute atomic E-state index is 0.0496. The molecule has 1 saturated carbocycles. The smallest absolute Gasteiger partial charge is 0.141 e. The molecular formula is C12H15FN2O. The first kappa shape index (κ1) is 10.2. The zero-order chi connectivity index (χ0) is 11.3. The molecule has 2 saturated heterocycles. The van der Waals surface area contributed by atoms with Crippen LogP contribution in [0.1, 0.15) is 31.4 Å². The van der Waals surface area contributed by atoms with Crippen molar-refractivity contribution in [3.63, 3.8) is 0 Å². The summed E-state index contributed by atoms with van der Waals surface area (Å²) < 4.78 is 13.0. The molecule has 2 bridgehead atoms. The van der Waals surface area contributed by atoms with Crippen molar-refractivity contribution in [2.45, 2.75) is 37.5 Å². The number of hydrogen-bond acceptors (Lipinski definition) is 3. The summed E-state index contributed by atoms with van der Waals surface area (Å²) >= 11 is 0. The standard InChI is InChI=1S/C12H15FN2O/c1-12-3-8(4-12)10(15-12)11(16)7-2-9(13)6-14-5-7/h2,5-6,8,10-11,15-16H,3-4H2,1H3/t8?,10-,11+,12?/m1/s1. The zero-order valence-corrected chi connectivity index (χ0v) is 9.15. The van der Waals surface area contributed by atoms with Crippen molar-refractivity contribution < 1.29 is 9.50 Å². The van der Waals surface area contributed by atoms with Gasteiger partial charge in [-0.05, 0) is 31.7 Å². The molecule has 2 atom stereocenters. The van der Waals surface area contributed by atoms with E-state index in [1.54, 1.807) is 0 Å². The van der Waals surface area contributed by atoms with Crippen LogP contribution in [0, 0.1) is 11.7 Å². The highest BCUT2D eigenvalue weighted by Gasteiger charge is 2.54. The lowest BCUT2D eigenvalue weighted by atomic mass is 9.72. The van der Waals surface area contributed by atoms with Gasteiger partial charge in [0.25, 0.3) is 0 Å². The van der Waals surface area contributed by atoms with Gasteiger partial charge in [0.2, 0.25) is 0 Å². The summed E-state index contributed by atoms with van der Waals surface area (Å²) in [5.41, 5.74) is 0.755. The summed E-state index contributed by atoms with van der Waals surface area (Å²) in [6.45, 7) is 2.17. The van der Waals surface area contributed by atoms with Gasteiger partial charge in [0, 0.05) is 23.3 Å². The Morgan fingerprint density at radius 2 is 2.31 bits per heavy atom. The van der Waals surface area contributed by atoms with E-state index < -0.39 is 11.9 Å². The van der Waals surface area contributed by atoms with Crippen LogP contribution in [0.2, 0.25) is 0 Å². The van der Waals surface area contributed by atoms with Crippen LogP contribution in [0.25, 0.3) is 0 Å². The fourth-order valence-corrected chi connectivity index (χ4v) is 3.12. The molecule has 4 heteroatoms. The summed E-state index contributed by atoms with van der Waals surface area (Å²) in [7, 11) is 0. The molecule has 1 aromatic heterocycles. The van der Waals surface area contributed by atoms with Crippen molar-refractivity contribution >= 4 is 0 Å². The highest BCUT2D eigenvalue weighted by atomic mass is 19.1. The first-order valence-corrected chi connectivity index (χ1v) is 5.64. The molecule has 86 valence electrons. The maximum atomic E-state index is 13.0. The number of halogens is 1. The van der Waals surface area contributed by atoms with E-state index in [4.69, 9.17) is 0 Å². The summed E-state index contributed by atoms with van der Waals surface area (Å²) in [4.78, 5) is 3.77. The molecule has 2 N–H and O–H groups in total. The normalized spacial score (nSPS) is 38.2. The first-order valence-electron chi connectivity index (χ1n) is 5.64. The highest BCUT2D eigenvalue weighted by molar-refractivity contribution is 5.21. The predicted octanol–water partition coefficient (Wildman–Crippen LogP) is 1.39. The van der Waals surface area contributed by atoms with Crippen LogP contribution in [0.3, 0.4) is 0 Å². The Labute approximate surface area is 93.7 Å². The minimum atomic E-state index is -0.655. The third kappa shape index (κ3) is 1.44. The second kappa shape index (κ2) is 3.25. The fourth-order valence-electron chi connectivity index (χ4n) is 3.12. The number of hydrogen-bond donors (Lipinski definition) is 2. The van der Waals surface area contributed by atoms with Gasteiger partial charge in [-0.3, -0.25) is 4.98 Å².